The molecule has 0 aromatic carbocycles. The van der Waals surface area contributed by atoms with Crippen molar-refractivity contribution >= 4 is 17.4 Å². The second-order valence-electron chi connectivity index (χ2n) is 6.67. The number of aliphatic hydroxyl groups excluding tert-OH is 1. The third-order valence-electron chi connectivity index (χ3n) is 4.92. The van der Waals surface area contributed by atoms with Crippen molar-refractivity contribution in [1.82, 2.24) is 30.0 Å². The van der Waals surface area contributed by atoms with Crippen molar-refractivity contribution in [3.8, 4) is 0 Å². The number of nitrogens with zero attached hydrogens (tertiary/aromatic N) is 5. The standard InChI is InChI=1S/C17H26N6O2S/c1-12-14(26-11-19-12)6-3-7-18-17(25)23-8-4-5-13(9-23)16-21-20-15(10-24)22(16)2/h11,13,24H,3-10H2,1-2H3,(H,18,25). The molecule has 3 heterocycles. The molecule has 1 unspecified atom stereocenters. The van der Waals surface area contributed by atoms with E-state index in [1.807, 2.05) is 28.9 Å². The van der Waals surface area contributed by atoms with Gasteiger partial charge in [-0.3, -0.25) is 0 Å². The minimum atomic E-state index is -0.125. The smallest absolute Gasteiger partial charge is 0.317 e. The van der Waals surface area contributed by atoms with Gasteiger partial charge in [-0.2, -0.15) is 0 Å². The molecule has 8 nitrogen and oxygen atoms in total. The molecule has 1 aliphatic heterocycles. The Kier molecular flexibility index (Phi) is 6.20. The van der Waals surface area contributed by atoms with Crippen molar-refractivity contribution in [2.24, 2.45) is 7.05 Å². The zero-order valence-corrected chi connectivity index (χ0v) is 16.1. The Morgan fingerprint density at radius 2 is 2.31 bits per heavy atom. The van der Waals surface area contributed by atoms with Gasteiger partial charge in [-0.25, -0.2) is 9.78 Å². The number of thiazole rings is 1. The molecular formula is C17H26N6O2S. The minimum Gasteiger partial charge on any atom is -0.388 e. The molecule has 26 heavy (non-hydrogen) atoms. The van der Waals surface area contributed by atoms with Crippen LogP contribution in [0.15, 0.2) is 5.51 Å². The average Bonchev–Trinajstić information content (AvgIpc) is 3.23. The largest absolute Gasteiger partial charge is 0.388 e. The van der Waals surface area contributed by atoms with E-state index in [9.17, 15) is 9.90 Å². The second-order valence-corrected chi connectivity index (χ2v) is 7.61. The van der Waals surface area contributed by atoms with Crippen LogP contribution in [-0.2, 0) is 20.1 Å². The fourth-order valence-electron chi connectivity index (χ4n) is 3.36. The van der Waals surface area contributed by atoms with E-state index in [0.29, 0.717) is 18.9 Å². The van der Waals surface area contributed by atoms with E-state index < -0.39 is 0 Å². The Labute approximate surface area is 157 Å². The molecule has 1 aliphatic rings. The lowest BCUT2D eigenvalue weighted by atomic mass is 9.97. The maximum Gasteiger partial charge on any atom is 0.317 e. The quantitative estimate of drug-likeness (QED) is 0.744. The van der Waals surface area contributed by atoms with Crippen LogP contribution in [0, 0.1) is 6.92 Å². The zero-order valence-electron chi connectivity index (χ0n) is 15.3. The summed E-state index contributed by atoms with van der Waals surface area (Å²) in [6, 6.07) is -0.0136. The molecule has 2 aromatic rings. The number of hydrogen-bond donors (Lipinski definition) is 2. The molecule has 2 amide bonds. The number of likely N-dealkylation sites (tertiary alicyclic amines) is 1. The van der Waals surface area contributed by atoms with Crippen molar-refractivity contribution in [3.63, 3.8) is 0 Å². The molecule has 2 N–H and O–H groups in total. The van der Waals surface area contributed by atoms with Gasteiger partial charge in [-0.15, -0.1) is 21.5 Å². The molecule has 9 heteroatoms. The number of amides is 2. The number of aromatic nitrogens is 4. The molecule has 0 saturated carbocycles. The number of aryl methyl sites for hydroxylation is 2. The molecule has 0 radical (unpaired) electrons. The summed E-state index contributed by atoms with van der Waals surface area (Å²) in [5.41, 5.74) is 2.96. The number of rotatable bonds is 6. The van der Waals surface area contributed by atoms with Crippen LogP contribution in [0.4, 0.5) is 4.79 Å². The first kappa shape index (κ1) is 18.8. The lowest BCUT2D eigenvalue weighted by molar-refractivity contribution is 0.177. The highest BCUT2D eigenvalue weighted by Gasteiger charge is 2.28. The first-order chi connectivity index (χ1) is 12.6. The van der Waals surface area contributed by atoms with Crippen LogP contribution in [0.5, 0.6) is 0 Å². The molecule has 1 saturated heterocycles. The third-order valence-corrected chi connectivity index (χ3v) is 5.91. The van der Waals surface area contributed by atoms with Gasteiger partial charge in [0.15, 0.2) is 5.82 Å². The normalized spacial score (nSPS) is 17.5. The molecule has 0 aliphatic carbocycles. The summed E-state index contributed by atoms with van der Waals surface area (Å²) in [4.78, 5) is 19.9. The Bertz CT molecular complexity index is 743. The van der Waals surface area contributed by atoms with Crippen molar-refractivity contribution in [2.45, 2.75) is 45.1 Å². The van der Waals surface area contributed by atoms with Gasteiger partial charge in [-0.05, 0) is 32.6 Å². The van der Waals surface area contributed by atoms with Crippen LogP contribution in [0.25, 0.3) is 0 Å². The monoisotopic (exact) mass is 378 g/mol. The molecule has 0 spiro atoms. The number of piperidine rings is 1. The van der Waals surface area contributed by atoms with Crippen LogP contribution >= 0.6 is 11.3 Å². The van der Waals surface area contributed by atoms with E-state index in [4.69, 9.17) is 0 Å². The van der Waals surface area contributed by atoms with Crippen LogP contribution in [0.3, 0.4) is 0 Å². The van der Waals surface area contributed by atoms with Gasteiger partial charge in [0.2, 0.25) is 0 Å². The number of nitrogens with one attached hydrogen (secondary N) is 1. The number of carbonyl (C=O) groups is 1. The van der Waals surface area contributed by atoms with Crippen molar-refractivity contribution in [3.05, 3.63) is 27.7 Å². The van der Waals surface area contributed by atoms with Crippen LogP contribution in [-0.4, -0.2) is 55.4 Å². The highest BCUT2D eigenvalue weighted by atomic mass is 32.1. The number of carbonyl (C=O) groups excluding carboxylic acids is 1. The van der Waals surface area contributed by atoms with Crippen molar-refractivity contribution in [1.29, 1.82) is 0 Å². The lowest BCUT2D eigenvalue weighted by Gasteiger charge is -2.32. The third kappa shape index (κ3) is 4.21. The van der Waals surface area contributed by atoms with Gasteiger partial charge in [-0.1, -0.05) is 0 Å². The molecule has 142 valence electrons. The van der Waals surface area contributed by atoms with E-state index in [0.717, 1.165) is 43.7 Å². The fraction of sp³-hybridized carbons (Fsp3) is 0.647. The molecule has 3 rings (SSSR count). The van der Waals surface area contributed by atoms with E-state index in [1.54, 1.807) is 11.3 Å². The Hall–Kier alpha value is -2.00. The van der Waals surface area contributed by atoms with Gasteiger partial charge in [0.05, 0.1) is 11.2 Å². The van der Waals surface area contributed by atoms with Gasteiger partial charge < -0.3 is 19.9 Å². The zero-order chi connectivity index (χ0) is 18.5. The van der Waals surface area contributed by atoms with Gasteiger partial charge in [0.1, 0.15) is 12.4 Å². The molecule has 1 fully saturated rings. The van der Waals surface area contributed by atoms with Crippen molar-refractivity contribution < 1.29 is 9.90 Å². The van der Waals surface area contributed by atoms with E-state index in [-0.39, 0.29) is 18.6 Å². The Balaban J connectivity index is 1.48. The van der Waals surface area contributed by atoms with Crippen LogP contribution in [0.1, 0.15) is 47.4 Å². The Morgan fingerprint density at radius 1 is 1.46 bits per heavy atom. The van der Waals surface area contributed by atoms with Crippen LogP contribution in [0.2, 0.25) is 0 Å². The summed E-state index contributed by atoms with van der Waals surface area (Å²) in [6.07, 6.45) is 3.78. The number of urea groups is 1. The van der Waals surface area contributed by atoms with E-state index in [1.165, 1.54) is 4.88 Å². The lowest BCUT2D eigenvalue weighted by Crippen LogP contribution is -2.45. The van der Waals surface area contributed by atoms with E-state index >= 15 is 0 Å². The Morgan fingerprint density at radius 3 is 3.00 bits per heavy atom. The predicted octanol–water partition coefficient (Wildman–Crippen LogP) is 1.59. The summed E-state index contributed by atoms with van der Waals surface area (Å²) < 4.78 is 1.84. The first-order valence-corrected chi connectivity index (χ1v) is 9.89. The molecular weight excluding hydrogens is 352 g/mol. The maximum atomic E-state index is 12.5. The van der Waals surface area contributed by atoms with Gasteiger partial charge in [0.25, 0.3) is 0 Å². The van der Waals surface area contributed by atoms with Crippen LogP contribution < -0.4 is 5.32 Å². The average molecular weight is 379 g/mol. The van der Waals surface area contributed by atoms with Crippen molar-refractivity contribution in [2.75, 3.05) is 19.6 Å². The maximum absolute atomic E-state index is 12.5. The first-order valence-electron chi connectivity index (χ1n) is 9.01. The summed E-state index contributed by atoms with van der Waals surface area (Å²) in [5, 5.41) is 20.5. The number of hydrogen-bond acceptors (Lipinski definition) is 6. The molecule has 0 bridgehead atoms. The predicted molar refractivity (Wildman–Crippen MR) is 99.0 cm³/mol. The van der Waals surface area contributed by atoms with Gasteiger partial charge in [0, 0.05) is 37.5 Å². The SMILES string of the molecule is Cc1ncsc1CCCNC(=O)N1CCCC(c2nnc(CO)n2C)C1. The molecule has 1 atom stereocenters. The van der Waals surface area contributed by atoms with E-state index in [2.05, 4.69) is 20.5 Å². The number of aliphatic hydroxyl groups is 1. The summed E-state index contributed by atoms with van der Waals surface area (Å²) >= 11 is 1.67. The fourth-order valence-corrected chi connectivity index (χ4v) is 4.19. The summed E-state index contributed by atoms with van der Waals surface area (Å²) in [5.74, 6) is 1.55. The summed E-state index contributed by atoms with van der Waals surface area (Å²) in [6.45, 7) is 3.96. The highest BCUT2D eigenvalue weighted by Crippen LogP contribution is 2.25. The second kappa shape index (κ2) is 8.59. The minimum absolute atomic E-state index is 0.0136. The topological polar surface area (TPSA) is 96.2 Å². The van der Waals surface area contributed by atoms with Gasteiger partial charge >= 0.3 is 6.03 Å². The molecule has 2 aromatic heterocycles. The summed E-state index contributed by atoms with van der Waals surface area (Å²) in [7, 11) is 1.86. The highest BCUT2D eigenvalue weighted by molar-refractivity contribution is 7.09.